The molecule has 3 aromatic rings. The number of para-hydroxylation sites is 1. The van der Waals surface area contributed by atoms with Gasteiger partial charge in [-0.05, 0) is 43.9 Å². The zero-order valence-corrected chi connectivity index (χ0v) is 14.7. The maximum Gasteiger partial charge on any atom is 0.119 e. The summed E-state index contributed by atoms with van der Waals surface area (Å²) < 4.78 is 5.70. The van der Waals surface area contributed by atoms with E-state index in [1.54, 1.807) is 0 Å². The molecular formula is C19H22ClN3O. The lowest BCUT2D eigenvalue weighted by Crippen LogP contribution is -2.19. The third-order valence-electron chi connectivity index (χ3n) is 3.62. The summed E-state index contributed by atoms with van der Waals surface area (Å²) in [4.78, 5) is 2.10. The molecule has 0 saturated heterocycles. The summed E-state index contributed by atoms with van der Waals surface area (Å²) in [7, 11) is 4.08. The molecule has 0 unspecified atom stereocenters. The van der Waals surface area contributed by atoms with E-state index in [-0.39, 0.29) is 12.4 Å². The fourth-order valence-electron chi connectivity index (χ4n) is 2.31. The smallest absolute Gasteiger partial charge is 0.119 e. The number of ether oxygens (including phenoxy) is 1. The lowest BCUT2D eigenvalue weighted by atomic mass is 10.1. The first-order valence-corrected chi connectivity index (χ1v) is 7.71. The van der Waals surface area contributed by atoms with Crippen molar-refractivity contribution < 1.29 is 4.74 Å². The number of nitrogens with one attached hydrogen (secondary N) is 1. The van der Waals surface area contributed by atoms with E-state index >= 15 is 0 Å². The van der Waals surface area contributed by atoms with Crippen molar-refractivity contribution in [2.45, 2.75) is 0 Å². The van der Waals surface area contributed by atoms with Crippen molar-refractivity contribution in [3.05, 3.63) is 59.8 Å². The highest BCUT2D eigenvalue weighted by atomic mass is 35.5. The normalized spacial score (nSPS) is 11.1. The van der Waals surface area contributed by atoms with Gasteiger partial charge in [-0.3, -0.25) is 5.10 Å². The minimum Gasteiger partial charge on any atom is -0.492 e. The molecule has 126 valence electrons. The molecule has 2 aromatic carbocycles. The molecule has 0 amide bonds. The summed E-state index contributed by atoms with van der Waals surface area (Å²) in [6, 6.07) is 16.2. The van der Waals surface area contributed by atoms with Crippen LogP contribution >= 0.6 is 12.4 Å². The Morgan fingerprint density at radius 1 is 1.04 bits per heavy atom. The number of halogens is 1. The average molecular weight is 344 g/mol. The molecule has 1 aromatic heterocycles. The number of fused-ring (bicyclic) bond motifs is 1. The number of rotatable bonds is 6. The van der Waals surface area contributed by atoms with Gasteiger partial charge >= 0.3 is 0 Å². The van der Waals surface area contributed by atoms with Crippen molar-refractivity contribution in [2.75, 3.05) is 27.2 Å². The first-order valence-electron chi connectivity index (χ1n) is 7.71. The van der Waals surface area contributed by atoms with Gasteiger partial charge in [0.15, 0.2) is 0 Å². The largest absolute Gasteiger partial charge is 0.492 e. The van der Waals surface area contributed by atoms with E-state index in [1.165, 1.54) is 0 Å². The van der Waals surface area contributed by atoms with Crippen LogP contribution in [0.5, 0.6) is 5.75 Å². The maximum atomic E-state index is 5.70. The SMILES string of the molecule is CN(C)CCOc1ccc(C=Cc2n[nH]c3ccccc23)cc1.Cl. The minimum absolute atomic E-state index is 0. The standard InChI is InChI=1S/C19H21N3O.ClH/c1-22(2)13-14-23-16-10-7-15(8-11-16)9-12-19-17-5-3-4-6-18(17)20-21-19;/h3-12H,13-14H2,1-2H3,(H,20,21);1H. The number of H-pyrrole nitrogens is 1. The number of hydrogen-bond donors (Lipinski definition) is 1. The summed E-state index contributed by atoms with van der Waals surface area (Å²) in [5.41, 5.74) is 3.13. The van der Waals surface area contributed by atoms with Crippen molar-refractivity contribution in [2.24, 2.45) is 0 Å². The van der Waals surface area contributed by atoms with Crippen LogP contribution in [-0.2, 0) is 0 Å². The molecule has 5 heteroatoms. The number of aromatic nitrogens is 2. The van der Waals surface area contributed by atoms with Gasteiger partial charge < -0.3 is 9.64 Å². The Bertz CT molecular complexity index is 794. The number of likely N-dealkylation sites (N-methyl/N-ethyl adjacent to an activating group) is 1. The number of hydrogen-bond acceptors (Lipinski definition) is 3. The fourth-order valence-corrected chi connectivity index (χ4v) is 2.31. The second-order valence-electron chi connectivity index (χ2n) is 5.71. The van der Waals surface area contributed by atoms with E-state index in [1.807, 2.05) is 50.5 Å². The summed E-state index contributed by atoms with van der Waals surface area (Å²) in [6.07, 6.45) is 4.09. The molecule has 24 heavy (non-hydrogen) atoms. The van der Waals surface area contributed by atoms with Crippen LogP contribution in [0.1, 0.15) is 11.3 Å². The van der Waals surface area contributed by atoms with Crippen LogP contribution in [0.3, 0.4) is 0 Å². The molecule has 0 bridgehead atoms. The Kier molecular flexibility index (Phi) is 6.41. The van der Waals surface area contributed by atoms with Crippen LogP contribution in [0.15, 0.2) is 48.5 Å². The Labute approximate surface area is 148 Å². The van der Waals surface area contributed by atoms with Crippen LogP contribution < -0.4 is 4.74 Å². The van der Waals surface area contributed by atoms with Gasteiger partial charge in [0, 0.05) is 11.9 Å². The predicted octanol–water partition coefficient (Wildman–Crippen LogP) is 4.10. The molecule has 0 atom stereocenters. The molecule has 0 saturated carbocycles. The molecule has 0 spiro atoms. The topological polar surface area (TPSA) is 41.1 Å². The molecule has 0 aliphatic carbocycles. The first kappa shape index (κ1) is 18.0. The maximum absolute atomic E-state index is 5.70. The van der Waals surface area contributed by atoms with Crippen LogP contribution in [0.2, 0.25) is 0 Å². The summed E-state index contributed by atoms with van der Waals surface area (Å²) in [6.45, 7) is 1.61. The van der Waals surface area contributed by atoms with E-state index in [0.29, 0.717) is 6.61 Å². The van der Waals surface area contributed by atoms with Gasteiger partial charge in [0.1, 0.15) is 12.4 Å². The molecule has 0 aliphatic rings. The summed E-state index contributed by atoms with van der Waals surface area (Å²) in [5, 5.41) is 8.52. The average Bonchev–Trinajstić information content (AvgIpc) is 2.97. The molecule has 0 radical (unpaired) electrons. The fraction of sp³-hybridized carbons (Fsp3) is 0.211. The molecule has 1 N–H and O–H groups in total. The highest BCUT2D eigenvalue weighted by molar-refractivity contribution is 5.89. The lowest BCUT2D eigenvalue weighted by molar-refractivity contribution is 0.261. The quantitative estimate of drug-likeness (QED) is 0.732. The van der Waals surface area contributed by atoms with E-state index in [0.717, 1.165) is 34.5 Å². The van der Waals surface area contributed by atoms with Crippen LogP contribution in [0.25, 0.3) is 23.1 Å². The number of nitrogens with zero attached hydrogens (tertiary/aromatic N) is 2. The van der Waals surface area contributed by atoms with E-state index < -0.39 is 0 Å². The Morgan fingerprint density at radius 3 is 2.54 bits per heavy atom. The Morgan fingerprint density at radius 2 is 1.79 bits per heavy atom. The van der Waals surface area contributed by atoms with Gasteiger partial charge in [0.05, 0.1) is 11.2 Å². The zero-order chi connectivity index (χ0) is 16.1. The Hall–Kier alpha value is -2.30. The van der Waals surface area contributed by atoms with E-state index in [2.05, 4.69) is 39.4 Å². The molecule has 3 rings (SSSR count). The van der Waals surface area contributed by atoms with Crippen LogP contribution in [0.4, 0.5) is 0 Å². The molecule has 0 aliphatic heterocycles. The van der Waals surface area contributed by atoms with Gasteiger partial charge in [-0.15, -0.1) is 12.4 Å². The summed E-state index contributed by atoms with van der Waals surface area (Å²) >= 11 is 0. The van der Waals surface area contributed by atoms with Gasteiger partial charge in [-0.2, -0.15) is 5.10 Å². The highest BCUT2D eigenvalue weighted by Crippen LogP contribution is 2.18. The van der Waals surface area contributed by atoms with Crippen molar-refractivity contribution in [3.8, 4) is 5.75 Å². The van der Waals surface area contributed by atoms with E-state index in [4.69, 9.17) is 4.74 Å². The number of benzene rings is 2. The third kappa shape index (κ3) is 4.60. The van der Waals surface area contributed by atoms with Crippen molar-refractivity contribution in [1.82, 2.24) is 15.1 Å². The second-order valence-corrected chi connectivity index (χ2v) is 5.71. The van der Waals surface area contributed by atoms with Crippen LogP contribution in [0, 0.1) is 0 Å². The minimum atomic E-state index is 0. The first-order chi connectivity index (χ1) is 11.2. The van der Waals surface area contributed by atoms with Gasteiger partial charge in [-0.1, -0.05) is 36.4 Å². The van der Waals surface area contributed by atoms with E-state index in [9.17, 15) is 0 Å². The second kappa shape index (κ2) is 8.52. The Balaban J connectivity index is 0.00000208. The molecule has 0 fully saturated rings. The third-order valence-corrected chi connectivity index (χ3v) is 3.62. The molecule has 1 heterocycles. The van der Waals surface area contributed by atoms with Crippen molar-refractivity contribution in [3.63, 3.8) is 0 Å². The molecule has 4 nitrogen and oxygen atoms in total. The summed E-state index contributed by atoms with van der Waals surface area (Å²) in [5.74, 6) is 0.897. The highest BCUT2D eigenvalue weighted by Gasteiger charge is 2.01. The molecular weight excluding hydrogens is 322 g/mol. The lowest BCUT2D eigenvalue weighted by Gasteiger charge is -2.10. The monoisotopic (exact) mass is 343 g/mol. The number of aromatic amines is 1. The van der Waals surface area contributed by atoms with Gasteiger partial charge in [0.25, 0.3) is 0 Å². The van der Waals surface area contributed by atoms with Gasteiger partial charge in [0.2, 0.25) is 0 Å². The van der Waals surface area contributed by atoms with Gasteiger partial charge in [-0.25, -0.2) is 0 Å². The van der Waals surface area contributed by atoms with Crippen LogP contribution in [-0.4, -0.2) is 42.3 Å². The zero-order valence-electron chi connectivity index (χ0n) is 13.9. The van der Waals surface area contributed by atoms with Crippen molar-refractivity contribution >= 4 is 35.5 Å². The van der Waals surface area contributed by atoms with Crippen molar-refractivity contribution in [1.29, 1.82) is 0 Å². The predicted molar refractivity (Wildman–Crippen MR) is 103 cm³/mol.